The number of nitrogens with one attached hydrogen (secondary N) is 3. The number of hydrogen-bond donors (Lipinski definition) is 3. The summed E-state index contributed by atoms with van der Waals surface area (Å²) in [5, 5.41) is 9.70. The summed E-state index contributed by atoms with van der Waals surface area (Å²) in [4.78, 5) is 38.1. The Balaban J connectivity index is 1.17. The van der Waals surface area contributed by atoms with Crippen LogP contribution in [0.4, 0.5) is 0 Å². The summed E-state index contributed by atoms with van der Waals surface area (Å²) in [6, 6.07) is 6.71. The minimum atomic E-state index is -0.554. The lowest BCUT2D eigenvalue weighted by Crippen LogP contribution is -2.52. The van der Waals surface area contributed by atoms with Crippen molar-refractivity contribution in [2.75, 3.05) is 6.54 Å². The third-order valence-corrected chi connectivity index (χ3v) is 7.26. The maximum absolute atomic E-state index is 12.9. The molecular weight excluding hydrogens is 380 g/mol. The van der Waals surface area contributed by atoms with Crippen LogP contribution in [-0.2, 0) is 22.7 Å². The molecule has 0 radical (unpaired) electrons. The van der Waals surface area contributed by atoms with Crippen molar-refractivity contribution in [3.8, 4) is 0 Å². The Hall–Kier alpha value is -2.25. The van der Waals surface area contributed by atoms with E-state index in [1.165, 1.54) is 32.1 Å². The lowest BCUT2D eigenvalue weighted by Gasteiger charge is -2.29. The Morgan fingerprint density at radius 1 is 1.10 bits per heavy atom. The predicted molar refractivity (Wildman–Crippen MR) is 111 cm³/mol. The van der Waals surface area contributed by atoms with E-state index >= 15 is 0 Å². The second kappa shape index (κ2) is 8.12. The van der Waals surface area contributed by atoms with Crippen molar-refractivity contribution in [3.05, 3.63) is 34.9 Å². The number of fused-ring (bicyclic) bond motifs is 2. The number of hydrogen-bond acceptors (Lipinski definition) is 5. The Labute approximate surface area is 177 Å². The van der Waals surface area contributed by atoms with Crippen LogP contribution in [-0.4, -0.2) is 47.3 Å². The van der Waals surface area contributed by atoms with Gasteiger partial charge in [-0.3, -0.25) is 19.7 Å². The molecule has 30 heavy (non-hydrogen) atoms. The van der Waals surface area contributed by atoms with E-state index in [1.807, 2.05) is 12.1 Å². The lowest BCUT2D eigenvalue weighted by molar-refractivity contribution is -0.136. The summed E-state index contributed by atoms with van der Waals surface area (Å²) >= 11 is 0. The van der Waals surface area contributed by atoms with Gasteiger partial charge in [-0.25, -0.2) is 0 Å². The Bertz CT molecular complexity index is 856. The van der Waals surface area contributed by atoms with Crippen molar-refractivity contribution in [1.29, 1.82) is 0 Å². The van der Waals surface area contributed by atoms with Crippen LogP contribution in [0.2, 0.25) is 0 Å². The molecule has 0 bridgehead atoms. The molecule has 4 atom stereocenters. The van der Waals surface area contributed by atoms with E-state index in [9.17, 15) is 14.4 Å². The summed E-state index contributed by atoms with van der Waals surface area (Å²) in [7, 11) is 0. The maximum atomic E-state index is 12.9. The van der Waals surface area contributed by atoms with Gasteiger partial charge in [-0.1, -0.05) is 25.0 Å². The van der Waals surface area contributed by atoms with Gasteiger partial charge in [0.2, 0.25) is 11.8 Å². The van der Waals surface area contributed by atoms with E-state index in [4.69, 9.17) is 0 Å². The van der Waals surface area contributed by atoms with E-state index in [2.05, 4.69) is 22.0 Å². The third kappa shape index (κ3) is 3.76. The zero-order valence-electron chi connectivity index (χ0n) is 17.3. The zero-order chi connectivity index (χ0) is 20.7. The summed E-state index contributed by atoms with van der Waals surface area (Å²) in [6.45, 7) is 2.11. The van der Waals surface area contributed by atoms with Crippen molar-refractivity contribution in [2.24, 2.45) is 5.92 Å². The minimum Gasteiger partial charge on any atom is -0.322 e. The van der Waals surface area contributed by atoms with Crippen LogP contribution in [0.3, 0.4) is 0 Å². The van der Waals surface area contributed by atoms with Crippen LogP contribution in [0.25, 0.3) is 0 Å². The molecule has 3 N–H and O–H groups in total. The quantitative estimate of drug-likeness (QED) is 0.640. The average Bonchev–Trinajstić information content (AvgIpc) is 3.29. The van der Waals surface area contributed by atoms with Gasteiger partial charge in [0, 0.05) is 43.7 Å². The minimum absolute atomic E-state index is 0.108. The van der Waals surface area contributed by atoms with Gasteiger partial charge in [0.15, 0.2) is 0 Å². The van der Waals surface area contributed by atoms with Crippen molar-refractivity contribution in [2.45, 2.75) is 76.2 Å². The van der Waals surface area contributed by atoms with E-state index in [-0.39, 0.29) is 24.1 Å². The SMILES string of the molecule is O=C1CCC(N2Cc3ccc(CNC[C@@H]4C[C@@H]5CCCC[C@@H]5N4)cc3C2=O)C(=O)N1. The van der Waals surface area contributed by atoms with Crippen molar-refractivity contribution in [1.82, 2.24) is 20.9 Å². The second-order valence-corrected chi connectivity index (χ2v) is 9.27. The molecule has 3 heterocycles. The Morgan fingerprint density at radius 3 is 2.80 bits per heavy atom. The number of imide groups is 1. The molecule has 1 unspecified atom stereocenters. The molecular formula is C23H30N4O3. The van der Waals surface area contributed by atoms with Gasteiger partial charge < -0.3 is 15.5 Å². The fraction of sp³-hybridized carbons (Fsp3) is 0.609. The third-order valence-electron chi connectivity index (χ3n) is 7.26. The smallest absolute Gasteiger partial charge is 0.255 e. The van der Waals surface area contributed by atoms with Gasteiger partial charge >= 0.3 is 0 Å². The number of benzene rings is 1. The van der Waals surface area contributed by atoms with Gasteiger partial charge in [-0.2, -0.15) is 0 Å². The lowest BCUT2D eigenvalue weighted by atomic mass is 9.85. The number of rotatable bonds is 5. The molecule has 4 aliphatic rings. The van der Waals surface area contributed by atoms with Crippen molar-refractivity contribution >= 4 is 17.7 Å². The maximum Gasteiger partial charge on any atom is 0.255 e. The first kappa shape index (κ1) is 19.7. The topological polar surface area (TPSA) is 90.5 Å². The molecule has 1 saturated carbocycles. The van der Waals surface area contributed by atoms with E-state index in [1.54, 1.807) is 4.90 Å². The van der Waals surface area contributed by atoms with Crippen LogP contribution in [0.1, 0.15) is 66.4 Å². The predicted octanol–water partition coefficient (Wildman–Crippen LogP) is 1.46. The highest BCUT2D eigenvalue weighted by Gasteiger charge is 2.39. The number of carbonyl (C=O) groups excluding carboxylic acids is 3. The number of nitrogens with zero attached hydrogens (tertiary/aromatic N) is 1. The molecule has 5 rings (SSSR count). The van der Waals surface area contributed by atoms with E-state index in [0.717, 1.165) is 30.1 Å². The van der Waals surface area contributed by atoms with Crippen LogP contribution in [0.15, 0.2) is 18.2 Å². The zero-order valence-corrected chi connectivity index (χ0v) is 17.3. The van der Waals surface area contributed by atoms with Gasteiger partial charge in [0.25, 0.3) is 5.91 Å². The largest absolute Gasteiger partial charge is 0.322 e. The van der Waals surface area contributed by atoms with Crippen LogP contribution in [0.5, 0.6) is 0 Å². The number of amides is 3. The summed E-state index contributed by atoms with van der Waals surface area (Å²) < 4.78 is 0. The van der Waals surface area contributed by atoms with Crippen LogP contribution in [0, 0.1) is 5.92 Å². The molecule has 0 aromatic heterocycles. The van der Waals surface area contributed by atoms with E-state index < -0.39 is 6.04 Å². The summed E-state index contributed by atoms with van der Waals surface area (Å²) in [5.41, 5.74) is 2.72. The Kier molecular flexibility index (Phi) is 5.33. The molecule has 7 heteroatoms. The fourth-order valence-electron chi connectivity index (χ4n) is 5.69. The Morgan fingerprint density at radius 2 is 1.97 bits per heavy atom. The molecule has 160 valence electrons. The molecule has 1 aromatic rings. The van der Waals surface area contributed by atoms with Gasteiger partial charge in [0.05, 0.1) is 0 Å². The number of carbonyl (C=O) groups is 3. The molecule has 3 aliphatic heterocycles. The number of piperidine rings is 1. The molecule has 1 aliphatic carbocycles. The standard InChI is InChI=1S/C23H30N4O3/c28-21-8-7-20(22(29)26-21)27-13-16-6-5-14(9-18(16)23(27)30)11-24-12-17-10-15-3-1-2-4-19(15)25-17/h5-6,9,15,17,19-20,24-25H,1-4,7-8,10-13H2,(H,26,28,29)/t15-,17-,19-,20?/m0/s1. The van der Waals surface area contributed by atoms with E-state index in [0.29, 0.717) is 30.6 Å². The molecule has 3 amide bonds. The first-order valence-electron chi connectivity index (χ1n) is 11.3. The first-order chi connectivity index (χ1) is 14.6. The molecule has 2 saturated heterocycles. The van der Waals surface area contributed by atoms with Crippen molar-refractivity contribution in [3.63, 3.8) is 0 Å². The average molecular weight is 411 g/mol. The molecule has 7 nitrogen and oxygen atoms in total. The van der Waals surface area contributed by atoms with Gasteiger partial charge in [-0.05, 0) is 48.8 Å². The highest BCUT2D eigenvalue weighted by atomic mass is 16.2. The monoisotopic (exact) mass is 410 g/mol. The first-order valence-corrected chi connectivity index (χ1v) is 11.3. The summed E-state index contributed by atoms with van der Waals surface area (Å²) in [5.74, 6) is 0.119. The summed E-state index contributed by atoms with van der Waals surface area (Å²) in [6.07, 6.45) is 7.36. The molecule has 0 spiro atoms. The highest BCUT2D eigenvalue weighted by molar-refractivity contribution is 6.05. The highest BCUT2D eigenvalue weighted by Crippen LogP contribution is 2.33. The normalized spacial score (nSPS) is 30.9. The van der Waals surface area contributed by atoms with Crippen molar-refractivity contribution < 1.29 is 14.4 Å². The van der Waals surface area contributed by atoms with Crippen LogP contribution < -0.4 is 16.0 Å². The fourth-order valence-corrected chi connectivity index (χ4v) is 5.69. The second-order valence-electron chi connectivity index (χ2n) is 9.27. The van der Waals surface area contributed by atoms with Crippen LogP contribution >= 0.6 is 0 Å². The molecule has 1 aromatic carbocycles. The molecule has 3 fully saturated rings. The van der Waals surface area contributed by atoms with Gasteiger partial charge in [0.1, 0.15) is 6.04 Å². The van der Waals surface area contributed by atoms with Gasteiger partial charge in [-0.15, -0.1) is 0 Å².